The van der Waals surface area contributed by atoms with Gasteiger partial charge in [0.05, 0.1) is 27.9 Å². The summed E-state index contributed by atoms with van der Waals surface area (Å²) in [6, 6.07) is 14.2. The predicted molar refractivity (Wildman–Crippen MR) is 131 cm³/mol. The van der Waals surface area contributed by atoms with Gasteiger partial charge in [-0.3, -0.25) is 9.36 Å². The highest BCUT2D eigenvalue weighted by molar-refractivity contribution is 9.10. The summed E-state index contributed by atoms with van der Waals surface area (Å²) in [5, 5.41) is 0.572. The molecular weight excluding hydrogens is 512 g/mol. The van der Waals surface area contributed by atoms with Gasteiger partial charge in [0, 0.05) is 9.50 Å². The number of esters is 1. The van der Waals surface area contributed by atoms with Crippen LogP contribution in [-0.2, 0) is 9.53 Å². The Morgan fingerprint density at radius 3 is 2.62 bits per heavy atom. The Hall–Kier alpha value is -2.48. The van der Waals surface area contributed by atoms with Gasteiger partial charge in [-0.15, -0.1) is 0 Å². The molecule has 2 aromatic carbocycles. The van der Waals surface area contributed by atoms with Gasteiger partial charge in [-0.1, -0.05) is 63.1 Å². The first kappa shape index (κ1) is 22.7. The van der Waals surface area contributed by atoms with Crippen LogP contribution >= 0.6 is 38.9 Å². The number of thiazole rings is 1. The summed E-state index contributed by atoms with van der Waals surface area (Å²) in [6.45, 7) is 5.35. The van der Waals surface area contributed by atoms with Gasteiger partial charge in [0.25, 0.3) is 5.56 Å². The zero-order valence-corrected chi connectivity index (χ0v) is 20.8. The number of benzene rings is 2. The van der Waals surface area contributed by atoms with Crippen molar-refractivity contribution in [2.45, 2.75) is 32.9 Å². The van der Waals surface area contributed by atoms with Crippen LogP contribution in [-0.4, -0.2) is 16.6 Å². The number of hydrogen-bond acceptors (Lipinski definition) is 5. The summed E-state index contributed by atoms with van der Waals surface area (Å²) in [5.74, 6) is -0.484. The van der Waals surface area contributed by atoms with Gasteiger partial charge >= 0.3 is 5.97 Å². The molecule has 32 heavy (non-hydrogen) atoms. The molecular formula is C24H20BrClN2O3S. The molecule has 8 heteroatoms. The van der Waals surface area contributed by atoms with Crippen LogP contribution in [0.1, 0.15) is 37.9 Å². The van der Waals surface area contributed by atoms with Crippen LogP contribution in [0.5, 0.6) is 0 Å². The number of rotatable bonds is 4. The fraction of sp³-hybridized carbons (Fsp3) is 0.208. The largest absolute Gasteiger partial charge is 0.459 e. The van der Waals surface area contributed by atoms with Crippen molar-refractivity contribution < 1.29 is 9.53 Å². The SMILES string of the molecule is CC1=C(C(=O)OC(C)C)C(c2ccc(Cl)cc2)n2c(sc(=Cc3cccc(Br)c3)c2=O)=N1. The average Bonchev–Trinajstić information content (AvgIpc) is 3.02. The first-order valence-electron chi connectivity index (χ1n) is 9.99. The van der Waals surface area contributed by atoms with E-state index in [2.05, 4.69) is 20.9 Å². The van der Waals surface area contributed by atoms with Gasteiger partial charge in [0.2, 0.25) is 0 Å². The van der Waals surface area contributed by atoms with E-state index in [0.29, 0.717) is 25.6 Å². The van der Waals surface area contributed by atoms with Crippen LogP contribution < -0.4 is 14.9 Å². The minimum absolute atomic E-state index is 0.212. The minimum Gasteiger partial charge on any atom is -0.459 e. The average molecular weight is 532 g/mol. The smallest absolute Gasteiger partial charge is 0.338 e. The molecule has 0 amide bonds. The van der Waals surface area contributed by atoms with E-state index in [0.717, 1.165) is 15.6 Å². The minimum atomic E-state index is -0.653. The van der Waals surface area contributed by atoms with Gasteiger partial charge < -0.3 is 4.74 Å². The number of carbonyl (C=O) groups is 1. The first-order valence-corrected chi connectivity index (χ1v) is 12.0. The Morgan fingerprint density at radius 1 is 1.25 bits per heavy atom. The van der Waals surface area contributed by atoms with Gasteiger partial charge in [-0.25, -0.2) is 9.79 Å². The lowest BCUT2D eigenvalue weighted by Crippen LogP contribution is -2.40. The molecule has 4 rings (SSSR count). The second-order valence-corrected chi connectivity index (χ2v) is 10.0. The van der Waals surface area contributed by atoms with E-state index in [1.54, 1.807) is 37.5 Å². The molecule has 0 aliphatic carbocycles. The molecule has 1 unspecified atom stereocenters. The summed E-state index contributed by atoms with van der Waals surface area (Å²) in [7, 11) is 0. The monoisotopic (exact) mass is 530 g/mol. The van der Waals surface area contributed by atoms with Gasteiger partial charge in [-0.05, 0) is 62.2 Å². The molecule has 1 atom stereocenters. The molecule has 3 aromatic rings. The molecule has 2 heterocycles. The fourth-order valence-electron chi connectivity index (χ4n) is 3.57. The Labute approximate surface area is 202 Å². The van der Waals surface area contributed by atoms with Crippen molar-refractivity contribution in [1.82, 2.24) is 4.57 Å². The molecule has 0 spiro atoms. The van der Waals surface area contributed by atoms with Crippen molar-refractivity contribution >= 4 is 50.9 Å². The lowest BCUT2D eigenvalue weighted by Gasteiger charge is -2.25. The zero-order valence-electron chi connectivity index (χ0n) is 17.6. The Balaban J connectivity index is 1.95. The number of hydrogen-bond donors (Lipinski definition) is 0. The van der Waals surface area contributed by atoms with E-state index in [1.165, 1.54) is 11.3 Å². The predicted octanol–water partition coefficient (Wildman–Crippen LogP) is 4.60. The Morgan fingerprint density at radius 2 is 1.97 bits per heavy atom. The van der Waals surface area contributed by atoms with Gasteiger partial charge in [0.1, 0.15) is 0 Å². The summed E-state index contributed by atoms with van der Waals surface area (Å²) in [4.78, 5) is 31.7. The standard InChI is InChI=1S/C24H20BrClN2O3S/c1-13(2)31-23(30)20-14(3)27-24-28(21(20)16-7-9-18(26)10-8-16)22(29)19(32-24)12-15-5-4-6-17(25)11-15/h4-13,21H,1-3H3. The number of halogens is 2. The summed E-state index contributed by atoms with van der Waals surface area (Å²) in [6.07, 6.45) is 1.54. The molecule has 164 valence electrons. The van der Waals surface area contributed by atoms with Crippen molar-refractivity contribution in [3.05, 3.63) is 100 Å². The number of ether oxygens (including phenoxy) is 1. The third-order valence-corrected chi connectivity index (χ3v) is 6.64. The Bertz CT molecular complexity index is 1400. The highest BCUT2D eigenvalue weighted by atomic mass is 79.9. The third-order valence-electron chi connectivity index (χ3n) is 4.92. The molecule has 1 aliphatic rings. The summed E-state index contributed by atoms with van der Waals surface area (Å²) in [5.41, 5.74) is 2.32. The summed E-state index contributed by atoms with van der Waals surface area (Å²) >= 11 is 10.8. The number of aromatic nitrogens is 1. The normalized spacial score (nSPS) is 16.2. The molecule has 5 nitrogen and oxygen atoms in total. The first-order chi connectivity index (χ1) is 15.2. The van der Waals surface area contributed by atoms with Crippen molar-refractivity contribution in [2.24, 2.45) is 4.99 Å². The molecule has 0 saturated heterocycles. The van der Waals surface area contributed by atoms with Crippen molar-refractivity contribution in [3.8, 4) is 0 Å². The topological polar surface area (TPSA) is 60.7 Å². The van der Waals surface area contributed by atoms with E-state index < -0.39 is 12.0 Å². The number of fused-ring (bicyclic) bond motifs is 1. The van der Waals surface area contributed by atoms with E-state index in [9.17, 15) is 9.59 Å². The quantitative estimate of drug-likeness (QED) is 0.462. The van der Waals surface area contributed by atoms with Crippen LogP contribution in [0.25, 0.3) is 6.08 Å². The van der Waals surface area contributed by atoms with Crippen molar-refractivity contribution in [2.75, 3.05) is 0 Å². The molecule has 0 N–H and O–H groups in total. The highest BCUT2D eigenvalue weighted by Crippen LogP contribution is 2.31. The maximum Gasteiger partial charge on any atom is 0.338 e. The molecule has 0 radical (unpaired) electrons. The molecule has 0 fully saturated rings. The molecule has 1 aromatic heterocycles. The van der Waals surface area contributed by atoms with Crippen LogP contribution in [0.4, 0.5) is 0 Å². The van der Waals surface area contributed by atoms with Crippen LogP contribution in [0, 0.1) is 0 Å². The van der Waals surface area contributed by atoms with Gasteiger partial charge in [0.15, 0.2) is 4.80 Å². The van der Waals surface area contributed by atoms with Crippen LogP contribution in [0.2, 0.25) is 5.02 Å². The number of allylic oxidation sites excluding steroid dienone is 1. The lowest BCUT2D eigenvalue weighted by molar-refractivity contribution is -0.143. The molecule has 0 bridgehead atoms. The van der Waals surface area contributed by atoms with Crippen molar-refractivity contribution in [1.29, 1.82) is 0 Å². The van der Waals surface area contributed by atoms with Crippen LogP contribution in [0.3, 0.4) is 0 Å². The second kappa shape index (κ2) is 9.17. The van der Waals surface area contributed by atoms with E-state index in [4.69, 9.17) is 16.3 Å². The van der Waals surface area contributed by atoms with Gasteiger partial charge in [-0.2, -0.15) is 0 Å². The second-order valence-electron chi connectivity index (χ2n) is 7.64. The maximum absolute atomic E-state index is 13.5. The highest BCUT2D eigenvalue weighted by Gasteiger charge is 2.33. The lowest BCUT2D eigenvalue weighted by atomic mass is 9.96. The fourth-order valence-corrected chi connectivity index (χ4v) is 5.16. The number of nitrogens with zero attached hydrogens (tertiary/aromatic N) is 2. The number of carbonyl (C=O) groups excluding carboxylic acids is 1. The third kappa shape index (κ3) is 4.51. The molecule has 1 aliphatic heterocycles. The molecule has 0 saturated carbocycles. The zero-order chi connectivity index (χ0) is 23.0. The van der Waals surface area contributed by atoms with E-state index in [-0.39, 0.29) is 11.7 Å². The van der Waals surface area contributed by atoms with Crippen molar-refractivity contribution in [3.63, 3.8) is 0 Å². The van der Waals surface area contributed by atoms with E-state index >= 15 is 0 Å². The summed E-state index contributed by atoms with van der Waals surface area (Å²) < 4.78 is 8.53. The van der Waals surface area contributed by atoms with E-state index in [1.807, 2.05) is 42.5 Å². The van der Waals surface area contributed by atoms with Crippen LogP contribution in [0.15, 0.2) is 74.1 Å². The maximum atomic E-state index is 13.5. The Kier molecular flexibility index (Phi) is 6.51.